The van der Waals surface area contributed by atoms with Crippen molar-refractivity contribution < 1.29 is 4.74 Å². The van der Waals surface area contributed by atoms with Gasteiger partial charge < -0.3 is 10.1 Å². The first kappa shape index (κ1) is 15.8. The van der Waals surface area contributed by atoms with Crippen LogP contribution in [-0.4, -0.2) is 36.7 Å². The number of nitrogens with zero attached hydrogens (tertiary/aromatic N) is 1. The SMILES string of the molecule is CCCCCCC(C)NC1=NC(CCOC)CS1. The van der Waals surface area contributed by atoms with Crippen LogP contribution >= 0.6 is 11.8 Å². The van der Waals surface area contributed by atoms with Gasteiger partial charge >= 0.3 is 0 Å². The lowest BCUT2D eigenvalue weighted by Crippen LogP contribution is -2.29. The first-order valence-corrected chi connectivity index (χ1v) is 8.21. The van der Waals surface area contributed by atoms with Gasteiger partial charge in [0.05, 0.1) is 6.04 Å². The molecule has 0 aromatic rings. The second-order valence-corrected chi connectivity index (χ2v) is 6.08. The lowest BCUT2D eigenvalue weighted by atomic mass is 10.1. The molecule has 4 heteroatoms. The molecule has 0 fully saturated rings. The third-order valence-corrected chi connectivity index (χ3v) is 4.28. The maximum Gasteiger partial charge on any atom is 0.157 e. The van der Waals surface area contributed by atoms with Crippen molar-refractivity contribution in [3.63, 3.8) is 0 Å². The van der Waals surface area contributed by atoms with Crippen molar-refractivity contribution in [1.29, 1.82) is 0 Å². The van der Waals surface area contributed by atoms with Gasteiger partial charge in [-0.1, -0.05) is 44.4 Å². The lowest BCUT2D eigenvalue weighted by molar-refractivity contribution is 0.190. The first-order chi connectivity index (χ1) is 8.76. The Balaban J connectivity index is 2.13. The number of amidine groups is 1. The van der Waals surface area contributed by atoms with Gasteiger partial charge in [-0.3, -0.25) is 4.99 Å². The average molecular weight is 272 g/mol. The minimum absolute atomic E-state index is 0.449. The summed E-state index contributed by atoms with van der Waals surface area (Å²) in [5.74, 6) is 1.11. The van der Waals surface area contributed by atoms with Crippen molar-refractivity contribution in [3.05, 3.63) is 0 Å². The number of hydrogen-bond acceptors (Lipinski definition) is 4. The third-order valence-electron chi connectivity index (χ3n) is 3.23. The van der Waals surface area contributed by atoms with Gasteiger partial charge in [0.15, 0.2) is 5.17 Å². The molecule has 3 nitrogen and oxygen atoms in total. The Morgan fingerprint density at radius 1 is 1.44 bits per heavy atom. The molecule has 1 N–H and O–H groups in total. The molecule has 0 saturated carbocycles. The van der Waals surface area contributed by atoms with Crippen LogP contribution in [-0.2, 0) is 4.74 Å². The molecule has 1 aliphatic rings. The van der Waals surface area contributed by atoms with Gasteiger partial charge in [-0.15, -0.1) is 0 Å². The maximum absolute atomic E-state index is 5.10. The second-order valence-electron chi connectivity index (χ2n) is 5.08. The molecule has 18 heavy (non-hydrogen) atoms. The zero-order valence-electron chi connectivity index (χ0n) is 12.1. The molecule has 0 aliphatic carbocycles. The highest BCUT2D eigenvalue weighted by atomic mass is 32.2. The predicted octanol–water partition coefficient (Wildman–Crippen LogP) is 3.44. The Morgan fingerprint density at radius 3 is 3.00 bits per heavy atom. The fourth-order valence-corrected chi connectivity index (χ4v) is 3.16. The Hall–Kier alpha value is -0.220. The normalized spacial score (nSPS) is 20.8. The van der Waals surface area contributed by atoms with Gasteiger partial charge in [0.25, 0.3) is 0 Å². The van der Waals surface area contributed by atoms with Crippen molar-refractivity contribution in [2.24, 2.45) is 4.99 Å². The number of unbranched alkanes of at least 4 members (excludes halogenated alkanes) is 3. The monoisotopic (exact) mass is 272 g/mol. The summed E-state index contributed by atoms with van der Waals surface area (Å²) in [5.41, 5.74) is 0. The standard InChI is InChI=1S/C14H28N2OS/c1-4-5-6-7-8-12(2)15-14-16-13(11-18-14)9-10-17-3/h12-13H,4-11H2,1-3H3,(H,15,16). The maximum atomic E-state index is 5.10. The third kappa shape index (κ3) is 6.64. The number of ether oxygens (including phenoxy) is 1. The number of thioether (sulfide) groups is 1. The summed E-state index contributed by atoms with van der Waals surface area (Å²) in [6.45, 7) is 5.33. The molecule has 106 valence electrons. The highest BCUT2D eigenvalue weighted by Gasteiger charge is 2.18. The molecule has 1 heterocycles. The molecule has 0 spiro atoms. The van der Waals surface area contributed by atoms with Gasteiger partial charge in [-0.2, -0.15) is 0 Å². The van der Waals surface area contributed by atoms with Gasteiger partial charge in [-0.25, -0.2) is 0 Å². The van der Waals surface area contributed by atoms with Crippen LogP contribution in [0.1, 0.15) is 52.4 Å². The zero-order chi connectivity index (χ0) is 13.2. The highest BCUT2D eigenvalue weighted by molar-refractivity contribution is 8.14. The van der Waals surface area contributed by atoms with Crippen molar-refractivity contribution in [1.82, 2.24) is 5.32 Å². The van der Waals surface area contributed by atoms with Crippen LogP contribution in [0.15, 0.2) is 4.99 Å². The van der Waals surface area contributed by atoms with E-state index in [2.05, 4.69) is 19.2 Å². The van der Waals surface area contributed by atoms with Crippen LogP contribution in [0.3, 0.4) is 0 Å². The van der Waals surface area contributed by atoms with Crippen LogP contribution in [0.2, 0.25) is 0 Å². The zero-order valence-corrected chi connectivity index (χ0v) is 12.9. The molecule has 2 unspecified atom stereocenters. The van der Waals surface area contributed by atoms with E-state index in [1.54, 1.807) is 7.11 Å². The fourth-order valence-electron chi connectivity index (χ4n) is 2.06. The van der Waals surface area contributed by atoms with Crippen molar-refractivity contribution in [3.8, 4) is 0 Å². The van der Waals surface area contributed by atoms with Crippen molar-refractivity contribution >= 4 is 16.9 Å². The molecule has 1 aliphatic heterocycles. The molecule has 2 atom stereocenters. The summed E-state index contributed by atoms with van der Waals surface area (Å²) in [6, 6.07) is 0.999. The quantitative estimate of drug-likeness (QED) is 0.653. The lowest BCUT2D eigenvalue weighted by Gasteiger charge is -2.14. The summed E-state index contributed by atoms with van der Waals surface area (Å²) >= 11 is 1.86. The fraction of sp³-hybridized carbons (Fsp3) is 0.929. The van der Waals surface area contributed by atoms with Crippen molar-refractivity contribution in [2.45, 2.75) is 64.5 Å². The van der Waals surface area contributed by atoms with Gasteiger partial charge in [-0.05, 0) is 19.8 Å². The van der Waals surface area contributed by atoms with Gasteiger partial charge in [0, 0.05) is 25.5 Å². The summed E-state index contributed by atoms with van der Waals surface area (Å²) in [7, 11) is 1.75. The number of nitrogens with one attached hydrogen (secondary N) is 1. The first-order valence-electron chi connectivity index (χ1n) is 7.22. The van der Waals surface area contributed by atoms with E-state index in [0.29, 0.717) is 12.1 Å². The van der Waals surface area contributed by atoms with Gasteiger partial charge in [0.2, 0.25) is 0 Å². The van der Waals surface area contributed by atoms with Crippen LogP contribution in [0.4, 0.5) is 0 Å². The van der Waals surface area contributed by atoms with Crippen LogP contribution in [0, 0.1) is 0 Å². The predicted molar refractivity (Wildman–Crippen MR) is 81.5 cm³/mol. The topological polar surface area (TPSA) is 33.6 Å². The molecule has 1 rings (SSSR count). The molecular weight excluding hydrogens is 244 g/mol. The largest absolute Gasteiger partial charge is 0.385 e. The minimum atomic E-state index is 0.449. The van der Waals surface area contributed by atoms with E-state index in [1.807, 2.05) is 11.8 Å². The van der Waals surface area contributed by atoms with E-state index in [-0.39, 0.29) is 0 Å². The Labute approximate surface area is 116 Å². The molecule has 0 bridgehead atoms. The van der Waals surface area contributed by atoms with Gasteiger partial charge in [0.1, 0.15) is 0 Å². The molecule has 0 aromatic heterocycles. The minimum Gasteiger partial charge on any atom is -0.385 e. The van der Waals surface area contributed by atoms with E-state index >= 15 is 0 Å². The van der Waals surface area contributed by atoms with E-state index in [1.165, 1.54) is 32.1 Å². The summed E-state index contributed by atoms with van der Waals surface area (Å²) in [6.07, 6.45) is 7.65. The van der Waals surface area contributed by atoms with Crippen LogP contribution < -0.4 is 5.32 Å². The Kier molecular flexibility index (Phi) is 8.51. The molecule has 0 aromatic carbocycles. The van der Waals surface area contributed by atoms with E-state index in [9.17, 15) is 0 Å². The molecule has 0 amide bonds. The summed E-state index contributed by atoms with van der Waals surface area (Å²) in [4.78, 5) is 4.70. The summed E-state index contributed by atoms with van der Waals surface area (Å²) in [5, 5.41) is 4.67. The second kappa shape index (κ2) is 9.68. The Bertz CT molecular complexity index is 246. The highest BCUT2D eigenvalue weighted by Crippen LogP contribution is 2.19. The van der Waals surface area contributed by atoms with Crippen molar-refractivity contribution in [2.75, 3.05) is 19.5 Å². The van der Waals surface area contributed by atoms with Crippen LogP contribution in [0.5, 0.6) is 0 Å². The Morgan fingerprint density at radius 2 is 2.28 bits per heavy atom. The molecular formula is C14H28N2OS. The van der Waals surface area contributed by atoms with E-state index < -0.39 is 0 Å². The number of rotatable bonds is 9. The van der Waals surface area contributed by atoms with Crippen LogP contribution in [0.25, 0.3) is 0 Å². The van der Waals surface area contributed by atoms with E-state index in [4.69, 9.17) is 9.73 Å². The number of hydrogen-bond donors (Lipinski definition) is 1. The molecule has 0 radical (unpaired) electrons. The number of aliphatic imine (C=N–C) groups is 1. The van der Waals surface area contributed by atoms with E-state index in [0.717, 1.165) is 23.9 Å². The summed E-state index contributed by atoms with van der Waals surface area (Å²) < 4.78 is 5.10. The molecule has 0 saturated heterocycles. The smallest absolute Gasteiger partial charge is 0.157 e. The average Bonchev–Trinajstić information content (AvgIpc) is 2.80. The number of methoxy groups -OCH3 is 1.